The maximum absolute atomic E-state index is 10.9. The molecular weight excluding hydrogens is 268 g/mol. The number of anilines is 1. The summed E-state index contributed by atoms with van der Waals surface area (Å²) in [4.78, 5) is 23.5. The number of nitrogens with zero attached hydrogens (tertiary/aromatic N) is 2. The number of benzene rings is 1. The third-order valence-corrected chi connectivity index (χ3v) is 3.09. The number of nitriles is 1. The molecule has 0 aliphatic carbocycles. The fraction of sp³-hybridized carbons (Fsp3) is 0.0909. The van der Waals surface area contributed by atoms with Crippen molar-refractivity contribution >= 4 is 22.7 Å². The molecule has 0 fully saturated rings. The number of hydrogen-bond acceptors (Lipinski definition) is 6. The van der Waals surface area contributed by atoms with E-state index in [0.717, 1.165) is 11.3 Å². The van der Waals surface area contributed by atoms with Gasteiger partial charge in [0.2, 0.25) is 0 Å². The molecule has 7 nitrogen and oxygen atoms in total. The van der Waals surface area contributed by atoms with Gasteiger partial charge in [-0.05, 0) is 12.1 Å². The number of nitro groups is 1. The van der Waals surface area contributed by atoms with E-state index in [-0.39, 0.29) is 16.1 Å². The Hall–Kier alpha value is -2.66. The molecule has 19 heavy (non-hydrogen) atoms. The molecule has 0 spiro atoms. The Balaban J connectivity index is 2.16. The van der Waals surface area contributed by atoms with Crippen molar-refractivity contribution in [1.82, 2.24) is 4.98 Å². The Bertz CT molecular complexity index is 713. The summed E-state index contributed by atoms with van der Waals surface area (Å²) in [7, 11) is 0. The smallest absolute Gasteiger partial charge is 0.304 e. The van der Waals surface area contributed by atoms with Crippen LogP contribution in [0.5, 0.6) is 0 Å². The van der Waals surface area contributed by atoms with Crippen LogP contribution in [0, 0.1) is 21.4 Å². The molecule has 1 aromatic carbocycles. The Morgan fingerprint density at radius 3 is 2.89 bits per heavy atom. The van der Waals surface area contributed by atoms with Gasteiger partial charge in [-0.3, -0.25) is 14.9 Å². The minimum Gasteiger partial charge on any atom is -0.379 e. The van der Waals surface area contributed by atoms with Gasteiger partial charge in [0, 0.05) is 22.8 Å². The first-order chi connectivity index (χ1) is 9.10. The highest BCUT2D eigenvalue weighted by Gasteiger charge is 2.13. The molecule has 2 rings (SSSR count). The summed E-state index contributed by atoms with van der Waals surface area (Å²) >= 11 is 1.06. The van der Waals surface area contributed by atoms with Crippen molar-refractivity contribution < 1.29 is 4.92 Å². The molecular formula is C11H8N4O3S. The first kappa shape index (κ1) is 12.8. The lowest BCUT2D eigenvalue weighted by Gasteiger charge is -2.05. The van der Waals surface area contributed by atoms with Gasteiger partial charge in [-0.15, -0.1) is 0 Å². The molecule has 0 amide bonds. The van der Waals surface area contributed by atoms with E-state index in [1.807, 2.05) is 0 Å². The Kier molecular flexibility index (Phi) is 3.58. The van der Waals surface area contributed by atoms with Crippen molar-refractivity contribution in [2.75, 3.05) is 5.32 Å². The summed E-state index contributed by atoms with van der Waals surface area (Å²) in [5.41, 5.74) is 1.06. The van der Waals surface area contributed by atoms with Crippen molar-refractivity contribution in [2.45, 2.75) is 6.54 Å². The first-order valence-corrected chi connectivity index (χ1v) is 6.07. The van der Waals surface area contributed by atoms with Gasteiger partial charge in [-0.1, -0.05) is 11.3 Å². The zero-order valence-corrected chi connectivity index (χ0v) is 10.4. The molecule has 0 aliphatic rings. The number of H-pyrrole nitrogens is 1. The lowest BCUT2D eigenvalue weighted by atomic mass is 10.1. The molecule has 0 bridgehead atoms. The molecule has 0 saturated carbocycles. The highest BCUT2D eigenvalue weighted by Crippen LogP contribution is 2.22. The minimum atomic E-state index is -0.599. The third kappa shape index (κ3) is 2.97. The second-order valence-electron chi connectivity index (χ2n) is 3.63. The maximum atomic E-state index is 10.9. The number of nitrogens with one attached hydrogen (secondary N) is 2. The number of aromatic nitrogens is 1. The minimum absolute atomic E-state index is 0.00573. The quantitative estimate of drug-likeness (QED) is 0.653. The predicted octanol–water partition coefficient (Wildman–Crippen LogP) is 1.83. The Morgan fingerprint density at radius 1 is 1.53 bits per heavy atom. The van der Waals surface area contributed by atoms with Crippen molar-refractivity contribution in [1.29, 1.82) is 5.26 Å². The average molecular weight is 276 g/mol. The SMILES string of the molecule is N#Cc1cc(NCc2csc(=O)[nH]2)ccc1[N+](=O)[O-]. The number of aromatic amines is 1. The van der Waals surface area contributed by atoms with Gasteiger partial charge in [0.25, 0.3) is 5.69 Å². The normalized spacial score (nSPS) is 9.84. The molecule has 8 heteroatoms. The number of nitro benzene ring substituents is 1. The van der Waals surface area contributed by atoms with Crippen LogP contribution >= 0.6 is 11.3 Å². The van der Waals surface area contributed by atoms with E-state index in [9.17, 15) is 14.9 Å². The second-order valence-corrected chi connectivity index (χ2v) is 4.47. The van der Waals surface area contributed by atoms with Gasteiger partial charge < -0.3 is 10.3 Å². The van der Waals surface area contributed by atoms with Crippen LogP contribution in [0.2, 0.25) is 0 Å². The molecule has 96 valence electrons. The van der Waals surface area contributed by atoms with Crippen LogP contribution in [0.4, 0.5) is 11.4 Å². The lowest BCUT2D eigenvalue weighted by Crippen LogP contribution is -2.03. The fourth-order valence-electron chi connectivity index (χ4n) is 1.49. The van der Waals surface area contributed by atoms with Crippen LogP contribution in [0.15, 0.2) is 28.4 Å². The van der Waals surface area contributed by atoms with Gasteiger partial charge in [0.15, 0.2) is 0 Å². The van der Waals surface area contributed by atoms with Crippen LogP contribution in [0.25, 0.3) is 0 Å². The number of thiazole rings is 1. The molecule has 0 unspecified atom stereocenters. The molecule has 0 radical (unpaired) electrons. The van der Waals surface area contributed by atoms with Gasteiger partial charge in [0.1, 0.15) is 11.6 Å². The molecule has 1 aromatic heterocycles. The summed E-state index contributed by atoms with van der Waals surface area (Å²) in [6.45, 7) is 0.376. The highest BCUT2D eigenvalue weighted by atomic mass is 32.1. The topological polar surface area (TPSA) is 112 Å². The monoisotopic (exact) mass is 276 g/mol. The zero-order valence-electron chi connectivity index (χ0n) is 9.54. The summed E-state index contributed by atoms with van der Waals surface area (Å²) in [6, 6.07) is 5.98. The summed E-state index contributed by atoms with van der Waals surface area (Å²) < 4.78 is 0. The van der Waals surface area contributed by atoms with E-state index >= 15 is 0 Å². The van der Waals surface area contributed by atoms with E-state index < -0.39 is 4.92 Å². The average Bonchev–Trinajstić information content (AvgIpc) is 2.81. The van der Waals surface area contributed by atoms with E-state index in [1.54, 1.807) is 11.4 Å². The fourth-order valence-corrected chi connectivity index (χ4v) is 2.07. The number of hydrogen-bond donors (Lipinski definition) is 2. The van der Waals surface area contributed by atoms with Gasteiger partial charge in [-0.25, -0.2) is 0 Å². The maximum Gasteiger partial charge on any atom is 0.304 e. The summed E-state index contributed by atoms with van der Waals surface area (Å²) in [5.74, 6) is 0. The van der Waals surface area contributed by atoms with Crippen molar-refractivity contribution in [2.24, 2.45) is 0 Å². The molecule has 2 aromatic rings. The highest BCUT2D eigenvalue weighted by molar-refractivity contribution is 7.07. The molecule has 0 aliphatic heterocycles. The summed E-state index contributed by atoms with van der Waals surface area (Å²) in [5, 5.41) is 24.2. The zero-order chi connectivity index (χ0) is 13.8. The van der Waals surface area contributed by atoms with Gasteiger partial charge in [-0.2, -0.15) is 5.26 Å². The Labute approximate surface area is 111 Å². The predicted molar refractivity (Wildman–Crippen MR) is 70.1 cm³/mol. The second kappa shape index (κ2) is 5.32. The van der Waals surface area contributed by atoms with Crippen molar-refractivity contribution in [3.8, 4) is 6.07 Å². The van der Waals surface area contributed by atoms with Crippen LogP contribution in [-0.2, 0) is 6.54 Å². The molecule has 0 atom stereocenters. The van der Waals surface area contributed by atoms with Crippen LogP contribution < -0.4 is 10.2 Å². The molecule has 2 N–H and O–H groups in total. The van der Waals surface area contributed by atoms with Gasteiger partial charge in [0.05, 0.1) is 11.5 Å². The van der Waals surface area contributed by atoms with Crippen molar-refractivity contribution in [3.05, 3.63) is 54.6 Å². The van der Waals surface area contributed by atoms with E-state index in [4.69, 9.17) is 5.26 Å². The van der Waals surface area contributed by atoms with Gasteiger partial charge >= 0.3 is 4.87 Å². The standard InChI is InChI=1S/C11H8N4O3S/c12-4-7-3-8(1-2-10(7)15(17)18)13-5-9-6-19-11(16)14-9/h1-3,6,13H,5H2,(H,14,16). The summed E-state index contributed by atoms with van der Waals surface area (Å²) in [6.07, 6.45) is 0. The Morgan fingerprint density at radius 2 is 2.32 bits per heavy atom. The van der Waals surface area contributed by atoms with E-state index in [1.165, 1.54) is 18.2 Å². The van der Waals surface area contributed by atoms with E-state index in [0.29, 0.717) is 17.9 Å². The van der Waals surface area contributed by atoms with E-state index in [2.05, 4.69) is 10.3 Å². The first-order valence-electron chi connectivity index (χ1n) is 5.19. The van der Waals surface area contributed by atoms with Crippen LogP contribution in [0.1, 0.15) is 11.3 Å². The molecule has 0 saturated heterocycles. The number of rotatable bonds is 4. The van der Waals surface area contributed by atoms with Crippen molar-refractivity contribution in [3.63, 3.8) is 0 Å². The third-order valence-electron chi connectivity index (χ3n) is 2.37. The largest absolute Gasteiger partial charge is 0.379 e. The van der Waals surface area contributed by atoms with Crippen LogP contribution in [0.3, 0.4) is 0 Å². The van der Waals surface area contributed by atoms with Crippen LogP contribution in [-0.4, -0.2) is 9.91 Å². The molecule has 1 heterocycles. The lowest BCUT2D eigenvalue weighted by molar-refractivity contribution is -0.385.